The quantitative estimate of drug-likeness (QED) is 0.0489. The van der Waals surface area contributed by atoms with Gasteiger partial charge >= 0.3 is 0 Å². The maximum atomic E-state index is 13.5. The molecule has 2 unspecified atom stereocenters. The first-order valence-electron chi connectivity index (χ1n) is 13.1. The van der Waals surface area contributed by atoms with Gasteiger partial charge in [-0.1, -0.05) is 38.0 Å². The summed E-state index contributed by atoms with van der Waals surface area (Å²) in [6.45, 7) is 15.4. The van der Waals surface area contributed by atoms with Crippen LogP contribution in [0.15, 0.2) is 64.6 Å². The number of hydrogen-bond acceptors (Lipinski definition) is 7. The van der Waals surface area contributed by atoms with Crippen LogP contribution < -0.4 is 5.48 Å². The largest absolute Gasteiger partial charge is 0.410 e. The van der Waals surface area contributed by atoms with Crippen molar-refractivity contribution in [2.45, 2.75) is 74.1 Å². The van der Waals surface area contributed by atoms with Gasteiger partial charge in [0.15, 0.2) is 11.5 Å². The molecule has 7 nitrogen and oxygen atoms in total. The number of rotatable bonds is 19. The van der Waals surface area contributed by atoms with Crippen molar-refractivity contribution in [3.8, 4) is 6.07 Å². The molecular weight excluding hydrogens is 469 g/mol. The molecule has 0 radical (unpaired) electrons. The Morgan fingerprint density at radius 2 is 1.92 bits per heavy atom. The van der Waals surface area contributed by atoms with Gasteiger partial charge in [-0.15, -0.1) is 5.06 Å². The van der Waals surface area contributed by atoms with Crippen LogP contribution >= 0.6 is 0 Å². The molecule has 0 aliphatic heterocycles. The van der Waals surface area contributed by atoms with E-state index < -0.39 is 0 Å². The molecule has 0 bridgehead atoms. The Bertz CT molecular complexity index is 855. The van der Waals surface area contributed by atoms with Gasteiger partial charge < -0.3 is 9.68 Å². The minimum absolute atomic E-state index is 0.186. The fourth-order valence-corrected chi connectivity index (χ4v) is 3.58. The third kappa shape index (κ3) is 16.5. The standard InChI is InChI=1S/C29H48FN5O2/c1-9-13-29(30)14-12-20-34(33-11-3)21-17-24(4)15-16-28(25(5)10-2)18-22-35(23-19-31)37-27(7)26(6)36-32-8/h9,11-14,17,20,25,28,32H,10,15-16,18,21-23H2,1-8H3/b13-9-,20-12+,24-17+,27-26+,29-14+,33-11-. The van der Waals surface area contributed by atoms with E-state index >= 15 is 0 Å². The monoisotopic (exact) mass is 517 g/mol. The second kappa shape index (κ2) is 21.2. The number of hydrogen-bond donors (Lipinski definition) is 1. The number of nitriles is 1. The van der Waals surface area contributed by atoms with Crippen LogP contribution in [0, 0.1) is 23.2 Å². The maximum Gasteiger partial charge on any atom is 0.161 e. The lowest BCUT2D eigenvalue weighted by Crippen LogP contribution is -2.28. The average Bonchev–Trinajstić information content (AvgIpc) is 2.87. The predicted octanol–water partition coefficient (Wildman–Crippen LogP) is 7.18. The maximum absolute atomic E-state index is 13.5. The number of nitrogens with one attached hydrogen (secondary N) is 1. The zero-order valence-corrected chi connectivity index (χ0v) is 24.1. The van der Waals surface area contributed by atoms with Crippen molar-refractivity contribution >= 4 is 6.21 Å². The molecule has 0 saturated carbocycles. The first kappa shape index (κ1) is 34.1. The first-order chi connectivity index (χ1) is 17.7. The number of hydroxylamine groups is 3. The van der Waals surface area contributed by atoms with Crippen LogP contribution in [-0.2, 0) is 9.68 Å². The summed E-state index contributed by atoms with van der Waals surface area (Å²) in [7, 11) is 1.69. The van der Waals surface area contributed by atoms with Gasteiger partial charge in [0.1, 0.15) is 12.4 Å². The SMILES string of the molecule is C\C=C/C(F)=C\C=C\N(C/C=C(\C)CCC(CCN(CC#N)O/C(C)=C(\C)ONC)C(C)CC)/N=C\C. The zero-order chi connectivity index (χ0) is 28.1. The molecule has 0 aliphatic rings. The molecule has 0 aromatic carbocycles. The molecule has 2 atom stereocenters. The molecule has 0 spiro atoms. The van der Waals surface area contributed by atoms with Gasteiger partial charge in [0.05, 0.1) is 12.6 Å². The van der Waals surface area contributed by atoms with Crippen molar-refractivity contribution in [1.29, 1.82) is 5.26 Å². The summed E-state index contributed by atoms with van der Waals surface area (Å²) in [4.78, 5) is 11.2. The molecule has 37 heavy (non-hydrogen) atoms. The molecule has 0 amide bonds. The summed E-state index contributed by atoms with van der Waals surface area (Å²) in [5.74, 6) is 2.01. The fourth-order valence-electron chi connectivity index (χ4n) is 3.58. The normalized spacial score (nSPS) is 15.4. The molecule has 0 saturated heterocycles. The van der Waals surface area contributed by atoms with Crippen LogP contribution in [-0.4, -0.2) is 43.0 Å². The summed E-state index contributed by atoms with van der Waals surface area (Å²) in [6, 6.07) is 2.19. The minimum atomic E-state index is -0.298. The van der Waals surface area contributed by atoms with Crippen LogP contribution in [0.3, 0.4) is 0 Å². The van der Waals surface area contributed by atoms with E-state index in [4.69, 9.17) is 9.68 Å². The van der Waals surface area contributed by atoms with Gasteiger partial charge in [-0.2, -0.15) is 15.8 Å². The minimum Gasteiger partial charge on any atom is -0.410 e. The fraction of sp³-hybridized carbons (Fsp3) is 0.586. The summed E-state index contributed by atoms with van der Waals surface area (Å²) < 4.78 is 13.5. The number of hydrazone groups is 1. The Morgan fingerprint density at radius 3 is 2.51 bits per heavy atom. The van der Waals surface area contributed by atoms with Crippen LogP contribution in [0.2, 0.25) is 0 Å². The van der Waals surface area contributed by atoms with E-state index in [-0.39, 0.29) is 12.4 Å². The van der Waals surface area contributed by atoms with E-state index in [0.717, 1.165) is 25.7 Å². The van der Waals surface area contributed by atoms with E-state index in [1.54, 1.807) is 48.6 Å². The molecule has 1 N–H and O–H groups in total. The van der Waals surface area contributed by atoms with E-state index in [1.165, 1.54) is 17.7 Å². The van der Waals surface area contributed by atoms with Crippen molar-refractivity contribution in [2.75, 3.05) is 26.7 Å². The molecule has 0 fully saturated rings. The number of allylic oxidation sites excluding steroid dienone is 8. The zero-order valence-electron chi connectivity index (χ0n) is 24.1. The Labute approximate surface area is 224 Å². The highest BCUT2D eigenvalue weighted by atomic mass is 19.1. The van der Waals surface area contributed by atoms with Gasteiger partial charge in [-0.05, 0) is 83.9 Å². The van der Waals surface area contributed by atoms with E-state index in [2.05, 4.69) is 43.5 Å². The third-order valence-electron chi connectivity index (χ3n) is 6.10. The molecule has 8 heteroatoms. The third-order valence-corrected chi connectivity index (χ3v) is 6.10. The smallest absolute Gasteiger partial charge is 0.161 e. The number of nitrogens with zero attached hydrogens (tertiary/aromatic N) is 4. The van der Waals surface area contributed by atoms with Gasteiger partial charge in [0.2, 0.25) is 0 Å². The molecule has 208 valence electrons. The highest BCUT2D eigenvalue weighted by molar-refractivity contribution is 5.52. The molecule has 0 rings (SSSR count). The average molecular weight is 518 g/mol. The van der Waals surface area contributed by atoms with E-state index in [0.29, 0.717) is 36.4 Å². The van der Waals surface area contributed by atoms with Crippen LogP contribution in [0.5, 0.6) is 0 Å². The molecule has 0 aliphatic carbocycles. The molecule has 0 heterocycles. The topological polar surface area (TPSA) is 73.1 Å². The lowest BCUT2D eigenvalue weighted by atomic mass is 9.84. The first-order valence-corrected chi connectivity index (χ1v) is 13.1. The second-order valence-corrected chi connectivity index (χ2v) is 8.94. The van der Waals surface area contributed by atoms with Crippen LogP contribution in [0.4, 0.5) is 4.39 Å². The van der Waals surface area contributed by atoms with E-state index in [9.17, 15) is 9.65 Å². The second-order valence-electron chi connectivity index (χ2n) is 8.94. The Balaban J connectivity index is 5.13. The number of halogens is 1. The predicted molar refractivity (Wildman–Crippen MR) is 151 cm³/mol. The Morgan fingerprint density at radius 1 is 1.19 bits per heavy atom. The highest BCUT2D eigenvalue weighted by Gasteiger charge is 2.19. The summed E-state index contributed by atoms with van der Waals surface area (Å²) >= 11 is 0. The lowest BCUT2D eigenvalue weighted by molar-refractivity contribution is -0.118. The highest BCUT2D eigenvalue weighted by Crippen LogP contribution is 2.26. The molecule has 0 aromatic heterocycles. The van der Waals surface area contributed by atoms with Crippen LogP contribution in [0.1, 0.15) is 74.1 Å². The van der Waals surface area contributed by atoms with Crippen molar-refractivity contribution < 1.29 is 14.1 Å². The summed E-state index contributed by atoms with van der Waals surface area (Å²) in [6.07, 6.45) is 15.9. The summed E-state index contributed by atoms with van der Waals surface area (Å²) in [5.41, 5.74) is 3.93. The van der Waals surface area contributed by atoms with Gasteiger partial charge in [-0.25, -0.2) is 4.39 Å². The Hall–Kier alpha value is -2.89. The van der Waals surface area contributed by atoms with Crippen LogP contribution in [0.25, 0.3) is 0 Å². The van der Waals surface area contributed by atoms with Crippen molar-refractivity contribution in [3.63, 3.8) is 0 Å². The summed E-state index contributed by atoms with van der Waals surface area (Å²) in [5, 5.41) is 17.1. The molecule has 0 aromatic rings. The van der Waals surface area contributed by atoms with Gasteiger partial charge in [-0.3, -0.25) is 5.01 Å². The van der Waals surface area contributed by atoms with Gasteiger partial charge in [0, 0.05) is 26.0 Å². The van der Waals surface area contributed by atoms with Crippen molar-refractivity contribution in [3.05, 3.63) is 59.5 Å². The molecular formula is C29H48FN5O2. The Kier molecular flexibility index (Phi) is 19.6. The van der Waals surface area contributed by atoms with Gasteiger partial charge in [0.25, 0.3) is 0 Å². The van der Waals surface area contributed by atoms with E-state index in [1.807, 2.05) is 20.8 Å². The lowest BCUT2D eigenvalue weighted by Gasteiger charge is -2.27. The van der Waals surface area contributed by atoms with Crippen molar-refractivity contribution in [2.24, 2.45) is 16.9 Å². The van der Waals surface area contributed by atoms with Crippen molar-refractivity contribution in [1.82, 2.24) is 15.6 Å².